The molecule has 0 aliphatic heterocycles. The Morgan fingerprint density at radius 2 is 1.80 bits per heavy atom. The molecule has 0 spiro atoms. The molecule has 0 aromatic heterocycles. The van der Waals surface area contributed by atoms with E-state index in [4.69, 9.17) is 0 Å². The van der Waals surface area contributed by atoms with Crippen LogP contribution < -0.4 is 10.6 Å². The molecule has 0 aliphatic rings. The second-order valence-corrected chi connectivity index (χ2v) is 4.11. The third-order valence-corrected chi connectivity index (χ3v) is 2.54. The summed E-state index contributed by atoms with van der Waals surface area (Å²) in [5, 5.41) is 4.68. The van der Waals surface area contributed by atoms with Gasteiger partial charge in [0.25, 0.3) is 5.91 Å². The summed E-state index contributed by atoms with van der Waals surface area (Å²) >= 11 is 0. The van der Waals surface area contributed by atoms with Crippen LogP contribution in [0.15, 0.2) is 12.1 Å². The number of hydrogen-bond donors (Lipinski definition) is 2. The van der Waals surface area contributed by atoms with Crippen molar-refractivity contribution >= 4 is 11.8 Å². The minimum atomic E-state index is -1.72. The highest BCUT2D eigenvalue weighted by Gasteiger charge is 2.18. The van der Waals surface area contributed by atoms with Crippen LogP contribution in [-0.2, 0) is 4.79 Å². The van der Waals surface area contributed by atoms with Crippen LogP contribution in [0.25, 0.3) is 0 Å². The first-order chi connectivity index (χ1) is 9.47. The third kappa shape index (κ3) is 4.25. The average Bonchev–Trinajstić information content (AvgIpc) is 2.42. The van der Waals surface area contributed by atoms with Gasteiger partial charge in [0.05, 0.1) is 12.1 Å². The summed E-state index contributed by atoms with van der Waals surface area (Å²) < 4.78 is 39.0. The monoisotopic (exact) mass is 288 g/mol. The molecule has 0 radical (unpaired) electrons. The maximum absolute atomic E-state index is 13.3. The van der Waals surface area contributed by atoms with Gasteiger partial charge in [-0.3, -0.25) is 9.59 Å². The van der Waals surface area contributed by atoms with Crippen LogP contribution in [0.3, 0.4) is 0 Å². The molecule has 2 amide bonds. The fourth-order valence-electron chi connectivity index (χ4n) is 1.42. The summed E-state index contributed by atoms with van der Waals surface area (Å²) in [5.41, 5.74) is -0.648. The number of carbonyl (C=O) groups excluding carboxylic acids is 2. The number of nitrogens with one attached hydrogen (secondary N) is 2. The SMILES string of the molecule is CCCCNC(=O)CNC(=O)c1ccc(F)c(F)c1F. The summed E-state index contributed by atoms with van der Waals surface area (Å²) in [5.74, 6) is -6.09. The molecule has 0 aliphatic carbocycles. The van der Waals surface area contributed by atoms with Crippen LogP contribution in [0, 0.1) is 17.5 Å². The Balaban J connectivity index is 2.55. The third-order valence-electron chi connectivity index (χ3n) is 2.54. The van der Waals surface area contributed by atoms with E-state index in [2.05, 4.69) is 10.6 Å². The van der Waals surface area contributed by atoms with Crippen LogP contribution in [0.1, 0.15) is 30.1 Å². The number of unbranched alkanes of at least 4 members (excludes halogenated alkanes) is 1. The number of hydrogen-bond acceptors (Lipinski definition) is 2. The Labute approximate surface area is 114 Å². The van der Waals surface area contributed by atoms with Crippen LogP contribution in [0.5, 0.6) is 0 Å². The second-order valence-electron chi connectivity index (χ2n) is 4.11. The Kier molecular flexibility index (Phi) is 6.02. The minimum Gasteiger partial charge on any atom is -0.355 e. The van der Waals surface area contributed by atoms with Crippen LogP contribution in [0.2, 0.25) is 0 Å². The molecule has 0 unspecified atom stereocenters. The molecular formula is C13H15F3N2O2. The van der Waals surface area contributed by atoms with E-state index in [1.165, 1.54) is 0 Å². The summed E-state index contributed by atoms with van der Waals surface area (Å²) in [6.45, 7) is 2.07. The Morgan fingerprint density at radius 1 is 1.10 bits per heavy atom. The molecular weight excluding hydrogens is 273 g/mol. The van der Waals surface area contributed by atoms with Gasteiger partial charge in [-0.05, 0) is 18.6 Å². The van der Waals surface area contributed by atoms with Crippen LogP contribution in [-0.4, -0.2) is 24.9 Å². The molecule has 1 aromatic rings. The number of halogens is 3. The van der Waals surface area contributed by atoms with Gasteiger partial charge < -0.3 is 10.6 Å². The zero-order valence-corrected chi connectivity index (χ0v) is 10.9. The molecule has 2 N–H and O–H groups in total. The second kappa shape index (κ2) is 7.52. The topological polar surface area (TPSA) is 58.2 Å². The predicted molar refractivity (Wildman–Crippen MR) is 66.6 cm³/mol. The molecule has 0 saturated heterocycles. The molecule has 4 nitrogen and oxygen atoms in total. The molecule has 0 fully saturated rings. The number of carbonyl (C=O) groups is 2. The molecule has 20 heavy (non-hydrogen) atoms. The van der Waals surface area contributed by atoms with Gasteiger partial charge in [-0.15, -0.1) is 0 Å². The van der Waals surface area contributed by atoms with E-state index in [0.29, 0.717) is 12.6 Å². The first-order valence-electron chi connectivity index (χ1n) is 6.15. The van der Waals surface area contributed by atoms with E-state index in [-0.39, 0.29) is 6.54 Å². The minimum absolute atomic E-state index is 0.360. The number of rotatable bonds is 6. The van der Waals surface area contributed by atoms with Crippen molar-refractivity contribution in [2.24, 2.45) is 0 Å². The van der Waals surface area contributed by atoms with Crippen molar-refractivity contribution in [3.8, 4) is 0 Å². The molecule has 1 rings (SSSR count). The molecule has 0 bridgehead atoms. The first kappa shape index (κ1) is 16.0. The van der Waals surface area contributed by atoms with Crippen molar-refractivity contribution in [2.45, 2.75) is 19.8 Å². The molecule has 0 heterocycles. The highest BCUT2D eigenvalue weighted by atomic mass is 19.2. The molecule has 1 aromatic carbocycles. The summed E-state index contributed by atoms with van der Waals surface area (Å²) in [7, 11) is 0. The molecule has 0 atom stereocenters. The number of amides is 2. The largest absolute Gasteiger partial charge is 0.355 e. The van der Waals surface area contributed by atoms with Crippen molar-refractivity contribution in [1.82, 2.24) is 10.6 Å². The molecule has 7 heteroatoms. The van der Waals surface area contributed by atoms with E-state index in [9.17, 15) is 22.8 Å². The Morgan fingerprint density at radius 3 is 2.45 bits per heavy atom. The van der Waals surface area contributed by atoms with E-state index in [0.717, 1.165) is 18.9 Å². The van der Waals surface area contributed by atoms with E-state index in [1.807, 2.05) is 6.92 Å². The van der Waals surface area contributed by atoms with Crippen molar-refractivity contribution in [3.05, 3.63) is 35.1 Å². The van der Waals surface area contributed by atoms with Crippen molar-refractivity contribution in [2.75, 3.05) is 13.1 Å². The zero-order chi connectivity index (χ0) is 15.1. The Bertz CT molecular complexity index is 507. The van der Waals surface area contributed by atoms with Crippen molar-refractivity contribution in [1.29, 1.82) is 0 Å². The Hall–Kier alpha value is -2.05. The van der Waals surface area contributed by atoms with Gasteiger partial charge in [-0.2, -0.15) is 0 Å². The van der Waals surface area contributed by atoms with Crippen LogP contribution in [0.4, 0.5) is 13.2 Å². The lowest BCUT2D eigenvalue weighted by Gasteiger charge is -2.07. The van der Waals surface area contributed by atoms with Gasteiger partial charge in [0.2, 0.25) is 5.91 Å². The van der Waals surface area contributed by atoms with Gasteiger partial charge in [-0.1, -0.05) is 13.3 Å². The summed E-state index contributed by atoms with van der Waals surface area (Å²) in [4.78, 5) is 22.8. The fraction of sp³-hybridized carbons (Fsp3) is 0.385. The van der Waals surface area contributed by atoms with Gasteiger partial charge in [0.1, 0.15) is 0 Å². The van der Waals surface area contributed by atoms with Crippen molar-refractivity contribution in [3.63, 3.8) is 0 Å². The predicted octanol–water partition coefficient (Wildman–Crippen LogP) is 1.75. The maximum Gasteiger partial charge on any atom is 0.254 e. The van der Waals surface area contributed by atoms with Gasteiger partial charge in [0, 0.05) is 6.54 Å². The first-order valence-corrected chi connectivity index (χ1v) is 6.15. The van der Waals surface area contributed by atoms with E-state index < -0.39 is 34.8 Å². The maximum atomic E-state index is 13.3. The van der Waals surface area contributed by atoms with Gasteiger partial charge in [-0.25, -0.2) is 13.2 Å². The highest BCUT2D eigenvalue weighted by Crippen LogP contribution is 2.14. The van der Waals surface area contributed by atoms with Gasteiger partial charge in [0.15, 0.2) is 17.5 Å². The lowest BCUT2D eigenvalue weighted by Crippen LogP contribution is -2.37. The standard InChI is InChI=1S/C13H15F3N2O2/c1-2-3-6-17-10(19)7-18-13(20)8-4-5-9(14)12(16)11(8)15/h4-5H,2-3,6-7H2,1H3,(H,17,19)(H,18,20). The molecule has 0 saturated carbocycles. The van der Waals surface area contributed by atoms with Crippen LogP contribution >= 0.6 is 0 Å². The summed E-state index contributed by atoms with van der Waals surface area (Å²) in [6, 6.07) is 1.46. The lowest BCUT2D eigenvalue weighted by atomic mass is 10.2. The van der Waals surface area contributed by atoms with Gasteiger partial charge >= 0.3 is 0 Å². The lowest BCUT2D eigenvalue weighted by molar-refractivity contribution is -0.120. The smallest absolute Gasteiger partial charge is 0.254 e. The van der Waals surface area contributed by atoms with E-state index in [1.54, 1.807) is 0 Å². The molecule has 110 valence electrons. The zero-order valence-electron chi connectivity index (χ0n) is 10.9. The van der Waals surface area contributed by atoms with Crippen molar-refractivity contribution < 1.29 is 22.8 Å². The highest BCUT2D eigenvalue weighted by molar-refractivity contribution is 5.96. The fourth-order valence-corrected chi connectivity index (χ4v) is 1.42. The average molecular weight is 288 g/mol. The normalized spacial score (nSPS) is 10.2. The quantitative estimate of drug-likeness (QED) is 0.619. The van der Waals surface area contributed by atoms with E-state index >= 15 is 0 Å². The summed E-state index contributed by atoms with van der Waals surface area (Å²) in [6.07, 6.45) is 1.71. The number of benzene rings is 1.